The number of carbonyl (C=O) groups is 2. The van der Waals surface area contributed by atoms with Crippen LogP contribution in [-0.4, -0.2) is 83.2 Å². The zero-order valence-electron chi connectivity index (χ0n) is 39.4. The van der Waals surface area contributed by atoms with Crippen LogP contribution >= 0.6 is 23.2 Å². The second kappa shape index (κ2) is 38.0. The van der Waals surface area contributed by atoms with Crippen molar-refractivity contribution >= 4 is 35.1 Å². The summed E-state index contributed by atoms with van der Waals surface area (Å²) in [4.78, 5) is 33.7. The Labute approximate surface area is 396 Å². The topological polar surface area (TPSA) is 107 Å². The van der Waals surface area contributed by atoms with Crippen LogP contribution in [0.25, 0.3) is 0 Å². The third-order valence-electron chi connectivity index (χ3n) is 10.5. The second-order valence-corrected chi connectivity index (χ2v) is 17.5. The lowest BCUT2D eigenvalue weighted by molar-refractivity contribution is -0.138. The highest BCUT2D eigenvalue weighted by atomic mass is 35.5. The van der Waals surface area contributed by atoms with Gasteiger partial charge < -0.3 is 20.0 Å². The van der Waals surface area contributed by atoms with E-state index in [0.717, 1.165) is 85.9 Å². The number of aromatic nitrogens is 2. The van der Waals surface area contributed by atoms with Crippen LogP contribution in [0.3, 0.4) is 0 Å². The lowest BCUT2D eigenvalue weighted by Crippen LogP contribution is -2.17. The maximum atomic E-state index is 10.2. The first kappa shape index (κ1) is 57.7. The van der Waals surface area contributed by atoms with Gasteiger partial charge in [0.1, 0.15) is 0 Å². The van der Waals surface area contributed by atoms with Crippen LogP contribution in [0.2, 0.25) is 10.0 Å². The molecule has 4 aromatic rings. The Kier molecular flexibility index (Phi) is 34.2. The quantitative estimate of drug-likeness (QED) is 0.0429. The molecule has 0 radical (unpaired) electrons. The molecule has 2 N–H and O–H groups in total. The van der Waals surface area contributed by atoms with Gasteiger partial charge in [-0.2, -0.15) is 0 Å². The third-order valence-corrected chi connectivity index (χ3v) is 11.0. The number of rotatable bonds is 28. The number of carboxylic acids is 2. The largest absolute Gasteiger partial charge is 0.481 e. The fraction of sp³-hybridized carbons (Fsp3) is 0.481. The zero-order chi connectivity index (χ0) is 47.2. The van der Waals surface area contributed by atoms with Gasteiger partial charge in [-0.25, -0.2) is 0 Å². The van der Waals surface area contributed by atoms with Crippen LogP contribution in [0.1, 0.15) is 150 Å². The maximum Gasteiger partial charge on any atom is 0.303 e. The minimum absolute atomic E-state index is 0.320. The molecule has 2 aromatic heterocycles. The average molecular weight is 918 g/mol. The fourth-order valence-corrected chi connectivity index (χ4v) is 7.10. The van der Waals surface area contributed by atoms with Crippen molar-refractivity contribution in [1.29, 1.82) is 0 Å². The van der Waals surface area contributed by atoms with Crippen molar-refractivity contribution in [2.24, 2.45) is 0 Å². The predicted molar refractivity (Wildman–Crippen MR) is 271 cm³/mol. The number of hydrogen-bond acceptors (Lipinski definition) is 6. The molecule has 2 atom stereocenters. The number of allylic oxidation sites excluding steroid dienone is 2. The van der Waals surface area contributed by atoms with E-state index in [1.54, 1.807) is 0 Å². The molecule has 0 aliphatic rings. The van der Waals surface area contributed by atoms with E-state index < -0.39 is 11.9 Å². The van der Waals surface area contributed by atoms with Gasteiger partial charge >= 0.3 is 11.9 Å². The van der Waals surface area contributed by atoms with Crippen molar-refractivity contribution in [3.8, 4) is 0 Å². The number of carboxylic acid groups (broad SMARTS) is 2. The van der Waals surface area contributed by atoms with Gasteiger partial charge in [0.25, 0.3) is 0 Å². The molecule has 0 aliphatic carbocycles. The van der Waals surface area contributed by atoms with Crippen molar-refractivity contribution < 1.29 is 19.8 Å². The Hall–Kier alpha value is -4.34. The van der Waals surface area contributed by atoms with E-state index in [9.17, 15) is 9.59 Å². The summed E-state index contributed by atoms with van der Waals surface area (Å²) in [5.74, 6) is -0.708. The van der Waals surface area contributed by atoms with E-state index in [1.165, 1.54) is 62.5 Å². The lowest BCUT2D eigenvalue weighted by atomic mass is 9.92. The lowest BCUT2D eigenvalue weighted by Gasteiger charge is -2.19. The van der Waals surface area contributed by atoms with Crippen LogP contribution in [0, 0.1) is 0 Å². The molecule has 64 heavy (non-hydrogen) atoms. The highest BCUT2D eigenvalue weighted by Gasteiger charge is 2.17. The molecule has 0 spiro atoms. The number of pyridine rings is 2. The van der Waals surface area contributed by atoms with Crippen LogP contribution in [-0.2, 0) is 9.59 Å². The summed E-state index contributed by atoms with van der Waals surface area (Å²) in [6.07, 6.45) is 26.1. The normalized spacial score (nSPS) is 11.5. The SMILES string of the molecule is C=CCCCCCCCCC(=O)O.C=CCCCCCCCCC(=O)O.CN(C)CCC(c1ccc(Cl)cc1)c1ccccn1.CN(C)CCC(c1ccc(Cl)cc1)c1ccccn1. The molecule has 0 bridgehead atoms. The van der Waals surface area contributed by atoms with Gasteiger partial charge in [-0.15, -0.1) is 13.2 Å². The van der Waals surface area contributed by atoms with Crippen LogP contribution in [0.15, 0.2) is 123 Å². The van der Waals surface area contributed by atoms with Gasteiger partial charge in [-0.3, -0.25) is 19.6 Å². The first-order chi connectivity index (χ1) is 30.9. The Balaban J connectivity index is 0.000000435. The zero-order valence-corrected chi connectivity index (χ0v) is 40.9. The molecular formula is C54H78Cl2N4O4. The van der Waals surface area contributed by atoms with E-state index in [4.69, 9.17) is 33.4 Å². The molecule has 0 aliphatic heterocycles. The maximum absolute atomic E-state index is 10.2. The monoisotopic (exact) mass is 917 g/mol. The van der Waals surface area contributed by atoms with Gasteiger partial charge in [0.15, 0.2) is 0 Å². The number of halogens is 2. The first-order valence-corrected chi connectivity index (χ1v) is 23.9. The summed E-state index contributed by atoms with van der Waals surface area (Å²) in [6, 6.07) is 28.3. The van der Waals surface area contributed by atoms with Crippen LogP contribution in [0.4, 0.5) is 0 Å². The Bertz CT molecular complexity index is 1630. The molecular weight excluding hydrogens is 840 g/mol. The second-order valence-electron chi connectivity index (χ2n) is 16.6. The minimum atomic E-state index is -0.674. The average Bonchev–Trinajstić information content (AvgIpc) is 3.28. The van der Waals surface area contributed by atoms with Crippen molar-refractivity contribution in [3.05, 3.63) is 155 Å². The summed E-state index contributed by atoms with van der Waals surface area (Å²) in [7, 11) is 8.38. The van der Waals surface area contributed by atoms with E-state index in [2.05, 4.69) is 97.5 Å². The van der Waals surface area contributed by atoms with Gasteiger partial charge in [0.2, 0.25) is 0 Å². The van der Waals surface area contributed by atoms with Gasteiger partial charge in [-0.05, 0) is 152 Å². The summed E-state index contributed by atoms with van der Waals surface area (Å²) >= 11 is 11.9. The predicted octanol–water partition coefficient (Wildman–Crippen LogP) is 14.4. The van der Waals surface area contributed by atoms with Crippen molar-refractivity contribution in [3.63, 3.8) is 0 Å². The number of hydrogen-bond donors (Lipinski definition) is 2. The van der Waals surface area contributed by atoms with E-state index in [1.807, 2.05) is 73.1 Å². The summed E-state index contributed by atoms with van der Waals surface area (Å²) < 4.78 is 0. The van der Waals surface area contributed by atoms with Gasteiger partial charge in [0, 0.05) is 58.5 Å². The highest BCUT2D eigenvalue weighted by molar-refractivity contribution is 6.30. The van der Waals surface area contributed by atoms with Crippen LogP contribution < -0.4 is 0 Å². The standard InChI is InChI=1S/2C16H19ClN2.2C11H20O2/c2*1-19(2)12-10-15(16-5-3-4-11-18-16)13-6-8-14(17)9-7-13;2*1-2-3-4-5-6-7-8-9-10-11(12)13/h2*3-9,11,15H,10,12H2,1-2H3;2*2H,1,3-10H2,(H,12,13). The Morgan fingerprint density at radius 2 is 0.859 bits per heavy atom. The minimum Gasteiger partial charge on any atom is -0.481 e. The van der Waals surface area contributed by atoms with Gasteiger partial charge in [-0.1, -0.05) is 123 Å². The van der Waals surface area contributed by atoms with Crippen molar-refractivity contribution in [2.75, 3.05) is 41.3 Å². The van der Waals surface area contributed by atoms with Crippen molar-refractivity contribution in [2.45, 2.75) is 127 Å². The summed E-state index contributed by atoms with van der Waals surface area (Å²) in [6.45, 7) is 9.39. The molecule has 0 saturated carbocycles. The molecule has 0 fully saturated rings. The first-order valence-electron chi connectivity index (χ1n) is 23.1. The molecule has 8 nitrogen and oxygen atoms in total. The molecule has 10 heteroatoms. The molecule has 2 heterocycles. The third kappa shape index (κ3) is 30.7. The Morgan fingerprint density at radius 3 is 1.14 bits per heavy atom. The smallest absolute Gasteiger partial charge is 0.303 e. The number of nitrogens with zero attached hydrogens (tertiary/aromatic N) is 4. The van der Waals surface area contributed by atoms with Gasteiger partial charge in [0.05, 0.1) is 0 Å². The van der Waals surface area contributed by atoms with Crippen molar-refractivity contribution in [1.82, 2.24) is 19.8 Å². The van der Waals surface area contributed by atoms with E-state index in [0.29, 0.717) is 24.7 Å². The highest BCUT2D eigenvalue weighted by Crippen LogP contribution is 2.29. The molecule has 4 rings (SSSR count). The van der Waals surface area contributed by atoms with E-state index >= 15 is 0 Å². The fourth-order valence-electron chi connectivity index (χ4n) is 6.84. The van der Waals surface area contributed by atoms with E-state index in [-0.39, 0.29) is 0 Å². The van der Waals surface area contributed by atoms with Crippen LogP contribution in [0.5, 0.6) is 0 Å². The number of aliphatic carboxylic acids is 2. The Morgan fingerprint density at radius 1 is 0.531 bits per heavy atom. The summed E-state index contributed by atoms with van der Waals surface area (Å²) in [5, 5.41) is 18.3. The molecule has 0 amide bonds. The number of benzene rings is 2. The molecule has 2 aromatic carbocycles. The molecule has 2 unspecified atom stereocenters. The summed E-state index contributed by atoms with van der Waals surface area (Å²) in [5.41, 5.74) is 4.77. The molecule has 0 saturated heterocycles. The molecule has 352 valence electrons. The number of unbranched alkanes of at least 4 members (excludes halogenated alkanes) is 12.